The zero-order valence-electron chi connectivity index (χ0n) is 23.8. The van der Waals surface area contributed by atoms with E-state index >= 15 is 4.79 Å². The van der Waals surface area contributed by atoms with E-state index in [1.807, 2.05) is 65.0 Å². The number of β-lactam (4-membered cyclic amide) rings is 2. The van der Waals surface area contributed by atoms with Crippen LogP contribution in [-0.2, 0) is 19.9 Å². The summed E-state index contributed by atoms with van der Waals surface area (Å²) >= 11 is 0. The number of fused-ring (bicyclic) bond motifs is 2. The topological polar surface area (TPSA) is 79.4 Å². The Kier molecular flexibility index (Phi) is 5.40. The normalized spacial score (nSPS) is 24.1. The molecule has 2 saturated heterocycles. The summed E-state index contributed by atoms with van der Waals surface area (Å²) in [6.07, 6.45) is -0.592. The third-order valence-electron chi connectivity index (χ3n) is 8.89. The number of hydrogen-bond acceptors (Lipinski definition) is 5. The van der Waals surface area contributed by atoms with Crippen molar-refractivity contribution < 1.29 is 23.9 Å². The summed E-state index contributed by atoms with van der Waals surface area (Å²) in [5.74, 6) is 0.884. The molecule has 3 aromatic rings. The second-order valence-electron chi connectivity index (χ2n) is 11.8. The summed E-state index contributed by atoms with van der Waals surface area (Å²) in [6.45, 7) is 9.38. The Hall–Kier alpha value is -4.33. The maximum absolute atomic E-state index is 15.0. The van der Waals surface area contributed by atoms with Crippen molar-refractivity contribution in [1.29, 1.82) is 0 Å². The van der Waals surface area contributed by atoms with E-state index in [2.05, 4.69) is 0 Å². The first-order valence-corrected chi connectivity index (χ1v) is 13.3. The van der Waals surface area contributed by atoms with Crippen molar-refractivity contribution in [2.45, 2.75) is 46.3 Å². The number of amides is 3. The number of hydrogen-bond donors (Lipinski definition) is 0. The molecule has 2 fully saturated rings. The Morgan fingerprint density at radius 3 is 1.77 bits per heavy atom. The number of carbonyl (C=O) groups excluding carboxylic acids is 3. The van der Waals surface area contributed by atoms with E-state index in [0.717, 1.165) is 11.1 Å². The van der Waals surface area contributed by atoms with Gasteiger partial charge in [0.15, 0.2) is 5.54 Å². The number of benzene rings is 3. The fourth-order valence-corrected chi connectivity index (χ4v) is 6.69. The molecule has 8 heteroatoms. The van der Waals surface area contributed by atoms with Crippen LogP contribution in [0.1, 0.15) is 38.8 Å². The molecule has 0 aromatic heterocycles. The van der Waals surface area contributed by atoms with Crippen LogP contribution in [0.4, 0.5) is 17.1 Å². The minimum Gasteiger partial charge on any atom is -0.497 e. The second kappa shape index (κ2) is 8.34. The van der Waals surface area contributed by atoms with E-state index in [-0.39, 0.29) is 17.7 Å². The van der Waals surface area contributed by atoms with Crippen molar-refractivity contribution in [3.63, 3.8) is 0 Å². The van der Waals surface area contributed by atoms with Gasteiger partial charge in [-0.15, -0.1) is 0 Å². The summed E-state index contributed by atoms with van der Waals surface area (Å²) in [5, 5.41) is 0. The largest absolute Gasteiger partial charge is 0.497 e. The average molecular weight is 540 g/mol. The van der Waals surface area contributed by atoms with Gasteiger partial charge in [0.25, 0.3) is 5.91 Å². The summed E-state index contributed by atoms with van der Waals surface area (Å²) in [5.41, 5.74) is 0.587. The number of nitrogens with zero attached hydrogens (tertiary/aromatic N) is 3. The predicted octanol–water partition coefficient (Wildman–Crippen LogP) is 5.03. The van der Waals surface area contributed by atoms with Gasteiger partial charge in [-0.05, 0) is 89.2 Å². The molecule has 3 amide bonds. The van der Waals surface area contributed by atoms with Crippen LogP contribution in [-0.4, -0.2) is 38.1 Å². The van der Waals surface area contributed by atoms with Gasteiger partial charge in [0.05, 0.1) is 30.7 Å². The molecule has 3 aromatic carbocycles. The van der Waals surface area contributed by atoms with Gasteiger partial charge < -0.3 is 9.47 Å². The van der Waals surface area contributed by atoms with Crippen LogP contribution in [0.25, 0.3) is 0 Å². The Morgan fingerprint density at radius 1 is 0.675 bits per heavy atom. The van der Waals surface area contributed by atoms with E-state index in [1.54, 1.807) is 65.3 Å². The number of aryl methyl sites for hydroxylation is 1. The Bertz CT molecular complexity index is 1560. The average Bonchev–Trinajstić information content (AvgIpc) is 3.20. The van der Waals surface area contributed by atoms with Gasteiger partial charge in [-0.3, -0.25) is 29.1 Å². The maximum atomic E-state index is 15.0. The Labute approximate surface area is 234 Å². The molecule has 8 nitrogen and oxygen atoms in total. The lowest BCUT2D eigenvalue weighted by Gasteiger charge is -2.61. The van der Waals surface area contributed by atoms with Gasteiger partial charge in [0.1, 0.15) is 17.7 Å². The molecule has 0 N–H and O–H groups in total. The third-order valence-corrected chi connectivity index (χ3v) is 8.89. The van der Waals surface area contributed by atoms with Gasteiger partial charge in [-0.1, -0.05) is 17.7 Å². The molecule has 1 spiro atoms. The molecule has 3 heterocycles. The van der Waals surface area contributed by atoms with Crippen molar-refractivity contribution in [2.24, 2.45) is 10.8 Å². The van der Waals surface area contributed by atoms with Gasteiger partial charge in [0, 0.05) is 16.9 Å². The number of methoxy groups -OCH3 is 2. The predicted molar refractivity (Wildman–Crippen MR) is 153 cm³/mol. The number of carbonyl (C=O) groups is 3. The Balaban J connectivity index is 1.53. The molecular weight excluding hydrogens is 506 g/mol. The van der Waals surface area contributed by atoms with Crippen LogP contribution in [0.3, 0.4) is 0 Å². The van der Waals surface area contributed by atoms with Crippen LogP contribution in [0.15, 0.2) is 66.7 Å². The minimum atomic E-state index is -1.28. The summed E-state index contributed by atoms with van der Waals surface area (Å²) < 4.78 is 10.6. The highest BCUT2D eigenvalue weighted by atomic mass is 16.5. The summed E-state index contributed by atoms with van der Waals surface area (Å²) in [7, 11) is 3.18. The van der Waals surface area contributed by atoms with Gasteiger partial charge in [0.2, 0.25) is 11.8 Å². The zero-order chi connectivity index (χ0) is 28.8. The van der Waals surface area contributed by atoms with E-state index in [4.69, 9.17) is 9.47 Å². The molecule has 206 valence electrons. The van der Waals surface area contributed by atoms with E-state index < -0.39 is 22.5 Å². The standard InChI is InChI=1S/C32H33N3O5/c1-19-8-17-25-24(18-19)32(31(4,5)28(37)35(32)21-11-15-23(40-7)16-12-21)29(38)34(25)26-30(2,3)27(36)33(26)20-9-13-22(39-6)14-10-20/h8-18,26H,1-7H3/t26-,32-/m1/s1. The first-order valence-electron chi connectivity index (χ1n) is 13.3. The fraction of sp³-hybridized carbons (Fsp3) is 0.344. The summed E-state index contributed by atoms with van der Waals surface area (Å²) in [4.78, 5) is 47.3. The number of ether oxygens (including phenoxy) is 2. The van der Waals surface area contributed by atoms with Gasteiger partial charge >= 0.3 is 0 Å². The van der Waals surface area contributed by atoms with E-state index in [1.165, 1.54) is 0 Å². The lowest BCUT2D eigenvalue weighted by molar-refractivity contribution is -0.154. The van der Waals surface area contributed by atoms with Crippen molar-refractivity contribution >= 4 is 34.8 Å². The fourth-order valence-electron chi connectivity index (χ4n) is 6.69. The molecule has 0 bridgehead atoms. The van der Waals surface area contributed by atoms with Crippen LogP contribution in [0.2, 0.25) is 0 Å². The van der Waals surface area contributed by atoms with Gasteiger partial charge in [-0.25, -0.2) is 0 Å². The molecule has 6 rings (SSSR count). The quantitative estimate of drug-likeness (QED) is 0.425. The molecule has 0 aliphatic carbocycles. The molecule has 3 aliphatic rings. The van der Waals surface area contributed by atoms with Crippen molar-refractivity contribution in [1.82, 2.24) is 0 Å². The van der Waals surface area contributed by atoms with Crippen molar-refractivity contribution in [2.75, 3.05) is 28.9 Å². The molecule has 0 radical (unpaired) electrons. The van der Waals surface area contributed by atoms with Crippen LogP contribution in [0.5, 0.6) is 11.5 Å². The highest BCUT2D eigenvalue weighted by Crippen LogP contribution is 2.64. The Morgan fingerprint density at radius 2 is 1.23 bits per heavy atom. The van der Waals surface area contributed by atoms with Crippen LogP contribution < -0.4 is 24.2 Å². The molecule has 3 aliphatic heterocycles. The lowest BCUT2D eigenvalue weighted by Crippen LogP contribution is -2.80. The van der Waals surface area contributed by atoms with Crippen LogP contribution >= 0.6 is 0 Å². The highest BCUT2D eigenvalue weighted by Gasteiger charge is 2.77. The smallest absolute Gasteiger partial charge is 0.260 e. The second-order valence-corrected chi connectivity index (χ2v) is 11.8. The number of anilines is 3. The van der Waals surface area contributed by atoms with E-state index in [0.29, 0.717) is 28.6 Å². The first-order chi connectivity index (χ1) is 18.9. The van der Waals surface area contributed by atoms with E-state index in [9.17, 15) is 9.59 Å². The van der Waals surface area contributed by atoms with Crippen molar-refractivity contribution in [3.8, 4) is 11.5 Å². The number of rotatable bonds is 5. The minimum absolute atomic E-state index is 0.0824. The molecule has 0 unspecified atom stereocenters. The SMILES string of the molecule is COc1ccc(N2C(=O)C(C)(C)[C@H]2N2C(=O)[C@@]3(c4cc(C)ccc42)N(c2ccc(OC)cc2)C(=O)C3(C)C)cc1. The third kappa shape index (κ3) is 2.99. The highest BCUT2D eigenvalue weighted by molar-refractivity contribution is 6.25. The van der Waals surface area contributed by atoms with Gasteiger partial charge in [-0.2, -0.15) is 0 Å². The zero-order valence-corrected chi connectivity index (χ0v) is 23.8. The molecule has 0 saturated carbocycles. The monoisotopic (exact) mass is 539 g/mol. The molecule has 2 atom stereocenters. The lowest BCUT2D eigenvalue weighted by atomic mass is 9.59. The van der Waals surface area contributed by atoms with Crippen molar-refractivity contribution in [3.05, 3.63) is 77.9 Å². The first kappa shape index (κ1) is 25.9. The maximum Gasteiger partial charge on any atom is 0.260 e. The molecule has 40 heavy (non-hydrogen) atoms. The summed E-state index contributed by atoms with van der Waals surface area (Å²) in [6, 6.07) is 20.3. The van der Waals surface area contributed by atoms with Crippen LogP contribution in [0, 0.1) is 17.8 Å². The molecular formula is C32H33N3O5.